The Morgan fingerprint density at radius 3 is 2.59 bits per heavy atom. The van der Waals surface area contributed by atoms with E-state index in [-0.39, 0.29) is 5.69 Å². The molecule has 1 saturated carbocycles. The zero-order valence-corrected chi connectivity index (χ0v) is 9.56. The van der Waals surface area contributed by atoms with Gasteiger partial charge in [0, 0.05) is 12.1 Å². The Balaban J connectivity index is 2.40. The molecule has 1 aromatic carbocycles. The van der Waals surface area contributed by atoms with Crippen LogP contribution in [0.2, 0.25) is 0 Å². The molecule has 4 nitrogen and oxygen atoms in total. The maximum Gasteiger partial charge on any atom is 0.269 e. The lowest BCUT2D eigenvalue weighted by Gasteiger charge is -2.30. The Labute approximate surface area is 100 Å². The quantitative estimate of drug-likeness (QED) is 0.578. The highest BCUT2D eigenvalue weighted by molar-refractivity contribution is 5.41. The lowest BCUT2D eigenvalue weighted by atomic mass is 9.70. The third-order valence-electron chi connectivity index (χ3n) is 3.53. The highest BCUT2D eigenvalue weighted by atomic mass is 16.6. The van der Waals surface area contributed by atoms with Crippen LogP contribution in [-0.4, -0.2) is 4.92 Å². The molecule has 1 fully saturated rings. The number of hydrogen-bond donors (Lipinski definition) is 0. The molecule has 17 heavy (non-hydrogen) atoms. The number of nitro benzene ring substituents is 1. The van der Waals surface area contributed by atoms with E-state index in [0.29, 0.717) is 0 Å². The molecule has 0 amide bonds. The predicted octanol–water partition coefficient (Wildman–Crippen LogP) is 3.32. The van der Waals surface area contributed by atoms with Gasteiger partial charge in [-0.2, -0.15) is 5.26 Å². The van der Waals surface area contributed by atoms with Gasteiger partial charge in [0.1, 0.15) is 0 Å². The van der Waals surface area contributed by atoms with Crippen molar-refractivity contribution in [3.63, 3.8) is 0 Å². The summed E-state index contributed by atoms with van der Waals surface area (Å²) in [6, 6.07) is 8.90. The first kappa shape index (κ1) is 11.6. The van der Waals surface area contributed by atoms with E-state index in [9.17, 15) is 15.4 Å². The third kappa shape index (κ3) is 2.14. The number of rotatable bonds is 2. The molecule has 0 spiro atoms. The number of non-ortho nitro benzene ring substituents is 1. The minimum Gasteiger partial charge on any atom is -0.258 e. The van der Waals surface area contributed by atoms with Gasteiger partial charge in [0.15, 0.2) is 0 Å². The molecule has 4 heteroatoms. The minimum atomic E-state index is -0.510. The van der Waals surface area contributed by atoms with Crippen molar-refractivity contribution in [1.82, 2.24) is 0 Å². The van der Waals surface area contributed by atoms with Gasteiger partial charge in [0.05, 0.1) is 16.4 Å². The normalized spacial score (nSPS) is 18.3. The van der Waals surface area contributed by atoms with E-state index in [1.54, 1.807) is 12.1 Å². The fourth-order valence-corrected chi connectivity index (χ4v) is 2.54. The zero-order chi connectivity index (χ0) is 12.3. The number of benzene rings is 1. The van der Waals surface area contributed by atoms with Gasteiger partial charge >= 0.3 is 0 Å². The number of nitro groups is 1. The fraction of sp³-hybridized carbons (Fsp3) is 0.462. The Hall–Kier alpha value is -1.89. The Morgan fingerprint density at radius 1 is 1.29 bits per heavy atom. The van der Waals surface area contributed by atoms with Gasteiger partial charge in [0.25, 0.3) is 5.69 Å². The van der Waals surface area contributed by atoms with Gasteiger partial charge in [-0.1, -0.05) is 31.4 Å². The van der Waals surface area contributed by atoms with Gasteiger partial charge in [-0.3, -0.25) is 10.1 Å². The standard InChI is InChI=1S/C13H14N2O2/c14-10-13(7-2-1-3-8-13)11-5-4-6-12(9-11)15(16)17/h4-6,9H,1-3,7-8H2. The van der Waals surface area contributed by atoms with Gasteiger partial charge in [-0.05, 0) is 18.4 Å². The van der Waals surface area contributed by atoms with E-state index in [1.807, 2.05) is 6.07 Å². The summed E-state index contributed by atoms with van der Waals surface area (Å²) in [5.41, 5.74) is 0.362. The molecule has 0 atom stereocenters. The highest BCUT2D eigenvalue weighted by Gasteiger charge is 2.34. The van der Waals surface area contributed by atoms with Gasteiger partial charge < -0.3 is 0 Å². The maximum atomic E-state index is 10.8. The summed E-state index contributed by atoms with van der Waals surface area (Å²) in [6.45, 7) is 0. The third-order valence-corrected chi connectivity index (χ3v) is 3.53. The van der Waals surface area contributed by atoms with Crippen LogP contribution < -0.4 is 0 Å². The van der Waals surface area contributed by atoms with Crippen LogP contribution in [0.1, 0.15) is 37.7 Å². The van der Waals surface area contributed by atoms with Crippen molar-refractivity contribution in [2.75, 3.05) is 0 Å². The van der Waals surface area contributed by atoms with Crippen LogP contribution in [0.3, 0.4) is 0 Å². The highest BCUT2D eigenvalue weighted by Crippen LogP contribution is 2.39. The lowest BCUT2D eigenvalue weighted by Crippen LogP contribution is -2.27. The first-order valence-electron chi connectivity index (χ1n) is 5.84. The molecule has 0 saturated heterocycles. The van der Waals surface area contributed by atoms with Crippen LogP contribution in [0.15, 0.2) is 24.3 Å². The van der Waals surface area contributed by atoms with Crippen molar-refractivity contribution >= 4 is 5.69 Å². The van der Waals surface area contributed by atoms with Crippen LogP contribution in [-0.2, 0) is 5.41 Å². The molecule has 88 valence electrons. The largest absolute Gasteiger partial charge is 0.269 e. The van der Waals surface area contributed by atoms with Crippen molar-refractivity contribution in [1.29, 1.82) is 5.26 Å². The van der Waals surface area contributed by atoms with E-state index in [1.165, 1.54) is 6.07 Å². The average molecular weight is 230 g/mol. The van der Waals surface area contributed by atoms with Crippen LogP contribution in [0.25, 0.3) is 0 Å². The first-order chi connectivity index (χ1) is 8.18. The molecule has 0 heterocycles. The number of nitriles is 1. The molecule has 0 unspecified atom stereocenters. The summed E-state index contributed by atoms with van der Waals surface area (Å²) in [5.74, 6) is 0. The summed E-state index contributed by atoms with van der Waals surface area (Å²) in [4.78, 5) is 10.3. The van der Waals surface area contributed by atoms with Gasteiger partial charge in [0.2, 0.25) is 0 Å². The van der Waals surface area contributed by atoms with Crippen molar-refractivity contribution in [3.8, 4) is 6.07 Å². The predicted molar refractivity (Wildman–Crippen MR) is 63.5 cm³/mol. The summed E-state index contributed by atoms with van der Waals surface area (Å²) in [5, 5.41) is 20.2. The second-order valence-corrected chi connectivity index (χ2v) is 4.56. The molecule has 0 bridgehead atoms. The molecule has 0 radical (unpaired) electrons. The van der Waals surface area contributed by atoms with Crippen LogP contribution in [0.5, 0.6) is 0 Å². The average Bonchev–Trinajstić information content (AvgIpc) is 2.39. The second-order valence-electron chi connectivity index (χ2n) is 4.56. The molecular formula is C13H14N2O2. The topological polar surface area (TPSA) is 66.9 Å². The Morgan fingerprint density at radius 2 is 2.00 bits per heavy atom. The SMILES string of the molecule is N#CC1(c2cccc([N+](=O)[O-])c2)CCCCC1. The molecular weight excluding hydrogens is 216 g/mol. The zero-order valence-electron chi connectivity index (χ0n) is 9.56. The van der Waals surface area contributed by atoms with Crippen LogP contribution in [0, 0.1) is 21.4 Å². The Kier molecular flexibility index (Phi) is 3.10. The van der Waals surface area contributed by atoms with E-state index in [0.717, 1.165) is 37.7 Å². The number of nitrogens with zero attached hydrogens (tertiary/aromatic N) is 2. The molecule has 2 rings (SSSR count). The summed E-state index contributed by atoms with van der Waals surface area (Å²) >= 11 is 0. The molecule has 1 aliphatic carbocycles. The van der Waals surface area contributed by atoms with Crippen molar-refractivity contribution in [2.24, 2.45) is 0 Å². The molecule has 1 aliphatic rings. The van der Waals surface area contributed by atoms with Crippen LogP contribution >= 0.6 is 0 Å². The van der Waals surface area contributed by atoms with E-state index in [2.05, 4.69) is 6.07 Å². The molecule has 1 aromatic rings. The van der Waals surface area contributed by atoms with Crippen LogP contribution in [0.4, 0.5) is 5.69 Å². The summed E-state index contributed by atoms with van der Waals surface area (Å²) < 4.78 is 0. The smallest absolute Gasteiger partial charge is 0.258 e. The maximum absolute atomic E-state index is 10.8. The Bertz CT molecular complexity index is 471. The van der Waals surface area contributed by atoms with E-state index >= 15 is 0 Å². The summed E-state index contributed by atoms with van der Waals surface area (Å²) in [6.07, 6.45) is 4.82. The lowest BCUT2D eigenvalue weighted by molar-refractivity contribution is -0.385. The first-order valence-corrected chi connectivity index (χ1v) is 5.84. The van der Waals surface area contributed by atoms with E-state index < -0.39 is 10.3 Å². The molecule has 0 aliphatic heterocycles. The van der Waals surface area contributed by atoms with E-state index in [4.69, 9.17) is 0 Å². The summed E-state index contributed by atoms with van der Waals surface area (Å²) in [7, 11) is 0. The second kappa shape index (κ2) is 4.54. The van der Waals surface area contributed by atoms with Crippen molar-refractivity contribution < 1.29 is 4.92 Å². The number of hydrogen-bond acceptors (Lipinski definition) is 3. The van der Waals surface area contributed by atoms with Crippen molar-refractivity contribution in [3.05, 3.63) is 39.9 Å². The molecule has 0 aromatic heterocycles. The monoisotopic (exact) mass is 230 g/mol. The van der Waals surface area contributed by atoms with Gasteiger partial charge in [-0.25, -0.2) is 0 Å². The fourth-order valence-electron chi connectivity index (χ4n) is 2.54. The molecule has 0 N–H and O–H groups in total. The van der Waals surface area contributed by atoms with Crippen molar-refractivity contribution in [2.45, 2.75) is 37.5 Å². The van der Waals surface area contributed by atoms with Gasteiger partial charge in [-0.15, -0.1) is 0 Å². The minimum absolute atomic E-state index is 0.0719.